The Labute approximate surface area is 427 Å². The van der Waals surface area contributed by atoms with E-state index in [1.807, 2.05) is 0 Å². The predicted molar refractivity (Wildman–Crippen MR) is 310 cm³/mol. The first kappa shape index (κ1) is 43.8. The Morgan fingerprint density at radius 2 is 0.904 bits per heavy atom. The lowest BCUT2D eigenvalue weighted by Crippen LogP contribution is -2.43. The molecule has 12 aromatic rings. The van der Waals surface area contributed by atoms with Crippen molar-refractivity contribution in [2.45, 2.75) is 18.9 Å². The quantitative estimate of drug-likeness (QED) is 0.133. The van der Waals surface area contributed by atoms with E-state index in [0.717, 1.165) is 29.0 Å². The maximum atomic E-state index is 2.58. The standard InChI is InChI=1S/C71H52N2/c1-71(48-59(50-19-5-2-6-20-50)46-60(49-71)51-21-7-3-8-22-51)73(62-43-41-53(42-44-62)52-37-39-55(40-38-52)65-33-17-24-54-23-11-12-31-64(54)65)63-30-16-26-57(47-63)56-25-15-27-58(45-56)66-34-18-36-69-70(66)67-32-13-14-35-68(67)72(69)61-28-9-4-10-29-61/h2-48H,49H2,1H3. The SMILES string of the molecule is CC1(N(c2ccc(-c3ccc(-c4cccc5ccccc45)cc3)cc2)c2cccc(-c3cccc(-c4cccc5c4c4ccccc4n5-c4ccccc4)c3)c2)C=C(c2ccccc2)C=C(c2ccccc2)C1. The third kappa shape index (κ3) is 8.14. The Hall–Kier alpha value is -9.24. The highest BCUT2D eigenvalue weighted by Crippen LogP contribution is 2.47. The Morgan fingerprint density at radius 1 is 0.370 bits per heavy atom. The third-order valence-electron chi connectivity index (χ3n) is 14.9. The van der Waals surface area contributed by atoms with E-state index in [9.17, 15) is 0 Å². The summed E-state index contributed by atoms with van der Waals surface area (Å²) in [4.78, 5) is 2.58. The molecule has 0 saturated heterocycles. The predicted octanol–water partition coefficient (Wildman–Crippen LogP) is 19.1. The molecule has 0 N–H and O–H groups in total. The van der Waals surface area contributed by atoms with Gasteiger partial charge < -0.3 is 9.47 Å². The van der Waals surface area contributed by atoms with Crippen LogP contribution in [-0.4, -0.2) is 10.1 Å². The minimum atomic E-state index is -0.462. The summed E-state index contributed by atoms with van der Waals surface area (Å²) >= 11 is 0. The van der Waals surface area contributed by atoms with Crippen molar-refractivity contribution in [1.82, 2.24) is 4.57 Å². The first-order valence-corrected chi connectivity index (χ1v) is 25.4. The number of fused-ring (bicyclic) bond motifs is 4. The van der Waals surface area contributed by atoms with E-state index in [4.69, 9.17) is 0 Å². The summed E-state index contributed by atoms with van der Waals surface area (Å²) in [6.07, 6.45) is 5.70. The van der Waals surface area contributed by atoms with Gasteiger partial charge in [0.05, 0.1) is 16.6 Å². The van der Waals surface area contributed by atoms with Crippen LogP contribution in [0.2, 0.25) is 0 Å². The fourth-order valence-corrected chi connectivity index (χ4v) is 11.5. The Morgan fingerprint density at radius 3 is 1.67 bits per heavy atom. The summed E-state index contributed by atoms with van der Waals surface area (Å²) in [7, 11) is 0. The minimum Gasteiger partial charge on any atom is -0.332 e. The van der Waals surface area contributed by atoms with E-state index in [1.54, 1.807) is 0 Å². The molecule has 2 heteroatoms. The average Bonchev–Trinajstić information content (AvgIpc) is 3.81. The van der Waals surface area contributed by atoms with Crippen molar-refractivity contribution in [1.29, 1.82) is 0 Å². The molecule has 2 nitrogen and oxygen atoms in total. The molecule has 0 fully saturated rings. The number of aromatic nitrogens is 1. The van der Waals surface area contributed by atoms with Crippen molar-refractivity contribution in [2.24, 2.45) is 0 Å². The maximum absolute atomic E-state index is 2.58. The van der Waals surface area contributed by atoms with Crippen LogP contribution in [0, 0.1) is 0 Å². The van der Waals surface area contributed by atoms with Crippen LogP contribution in [0.1, 0.15) is 24.5 Å². The maximum Gasteiger partial charge on any atom is 0.0654 e. The summed E-state index contributed by atoms with van der Waals surface area (Å²) in [5.74, 6) is 0. The molecule has 0 amide bonds. The van der Waals surface area contributed by atoms with Crippen LogP contribution in [0.3, 0.4) is 0 Å². The molecular weight excluding hydrogens is 881 g/mol. The second-order valence-corrected chi connectivity index (χ2v) is 19.5. The molecule has 1 atom stereocenters. The second-order valence-electron chi connectivity index (χ2n) is 19.5. The van der Waals surface area contributed by atoms with Crippen molar-refractivity contribution in [3.8, 4) is 50.2 Å². The molecule has 1 heterocycles. The van der Waals surface area contributed by atoms with Crippen molar-refractivity contribution >= 4 is 55.1 Å². The van der Waals surface area contributed by atoms with Gasteiger partial charge in [-0.1, -0.05) is 231 Å². The minimum absolute atomic E-state index is 0.462. The number of nitrogens with zero attached hydrogens (tertiary/aromatic N) is 2. The number of para-hydroxylation sites is 2. The van der Waals surface area contributed by atoms with Gasteiger partial charge in [-0.25, -0.2) is 0 Å². The van der Waals surface area contributed by atoms with Gasteiger partial charge in [-0.2, -0.15) is 0 Å². The van der Waals surface area contributed by atoms with Gasteiger partial charge in [0.15, 0.2) is 0 Å². The normalized spacial score (nSPS) is 14.5. The smallest absolute Gasteiger partial charge is 0.0654 e. The molecule has 1 aromatic heterocycles. The molecule has 73 heavy (non-hydrogen) atoms. The zero-order valence-corrected chi connectivity index (χ0v) is 40.7. The lowest BCUT2D eigenvalue weighted by atomic mass is 9.79. The highest BCUT2D eigenvalue weighted by atomic mass is 15.2. The molecule has 13 rings (SSSR count). The van der Waals surface area contributed by atoms with Gasteiger partial charge in [-0.05, 0) is 145 Å². The van der Waals surface area contributed by atoms with Crippen molar-refractivity contribution < 1.29 is 0 Å². The average molecular weight is 933 g/mol. The number of hydrogen-bond donors (Lipinski definition) is 0. The summed E-state index contributed by atoms with van der Waals surface area (Å²) in [5, 5.41) is 5.03. The van der Waals surface area contributed by atoms with Crippen molar-refractivity contribution in [2.75, 3.05) is 4.90 Å². The highest BCUT2D eigenvalue weighted by molar-refractivity contribution is 6.16. The molecule has 1 unspecified atom stereocenters. The van der Waals surface area contributed by atoms with Gasteiger partial charge in [0.25, 0.3) is 0 Å². The summed E-state index contributed by atoms with van der Waals surface area (Å²) in [5.41, 5.74) is 19.9. The van der Waals surface area contributed by atoms with Gasteiger partial charge in [0.1, 0.15) is 0 Å². The number of rotatable bonds is 10. The Bertz CT molecular complexity index is 4030. The van der Waals surface area contributed by atoms with Gasteiger partial charge in [0, 0.05) is 27.8 Å². The van der Waals surface area contributed by atoms with Gasteiger partial charge in [-0.15, -0.1) is 0 Å². The van der Waals surface area contributed by atoms with Crippen LogP contribution < -0.4 is 4.90 Å². The van der Waals surface area contributed by atoms with E-state index in [1.165, 1.54) is 93.8 Å². The van der Waals surface area contributed by atoms with Crippen LogP contribution in [0.15, 0.2) is 285 Å². The Balaban J connectivity index is 0.917. The summed E-state index contributed by atoms with van der Waals surface area (Å²) < 4.78 is 2.40. The van der Waals surface area contributed by atoms with E-state index >= 15 is 0 Å². The lowest BCUT2D eigenvalue weighted by molar-refractivity contribution is 0.580. The van der Waals surface area contributed by atoms with Crippen LogP contribution in [-0.2, 0) is 0 Å². The molecule has 1 aliphatic carbocycles. The molecule has 0 bridgehead atoms. The first-order valence-electron chi connectivity index (χ1n) is 25.4. The zero-order valence-electron chi connectivity index (χ0n) is 40.7. The van der Waals surface area contributed by atoms with Crippen molar-refractivity contribution in [3.63, 3.8) is 0 Å². The van der Waals surface area contributed by atoms with Gasteiger partial charge in [-0.3, -0.25) is 0 Å². The second kappa shape index (κ2) is 18.5. The fourth-order valence-electron chi connectivity index (χ4n) is 11.5. The molecule has 0 saturated carbocycles. The van der Waals surface area contributed by atoms with Crippen LogP contribution in [0.5, 0.6) is 0 Å². The van der Waals surface area contributed by atoms with Crippen LogP contribution in [0.25, 0.3) is 93.9 Å². The van der Waals surface area contributed by atoms with Gasteiger partial charge >= 0.3 is 0 Å². The summed E-state index contributed by atoms with van der Waals surface area (Å²) in [6.45, 7) is 2.41. The number of allylic oxidation sites excluding steroid dienone is 2. The molecule has 0 spiro atoms. The molecule has 1 aliphatic rings. The Kier molecular flexibility index (Phi) is 11.1. The number of hydrogen-bond acceptors (Lipinski definition) is 1. The van der Waals surface area contributed by atoms with E-state index in [2.05, 4.69) is 302 Å². The number of benzene rings is 11. The van der Waals surface area contributed by atoms with E-state index < -0.39 is 5.54 Å². The molecule has 346 valence electrons. The molecular formula is C71H52N2. The van der Waals surface area contributed by atoms with Crippen molar-refractivity contribution in [3.05, 3.63) is 296 Å². The topological polar surface area (TPSA) is 8.17 Å². The van der Waals surface area contributed by atoms with Crippen LogP contribution >= 0.6 is 0 Å². The largest absolute Gasteiger partial charge is 0.332 e. The third-order valence-corrected chi connectivity index (χ3v) is 14.9. The molecule has 0 aliphatic heterocycles. The fraction of sp³-hybridized carbons (Fsp3) is 0.0423. The van der Waals surface area contributed by atoms with E-state index in [0.29, 0.717) is 0 Å². The highest BCUT2D eigenvalue weighted by Gasteiger charge is 2.36. The summed E-state index contributed by atoms with van der Waals surface area (Å²) in [6, 6.07) is 99.7. The number of anilines is 2. The van der Waals surface area contributed by atoms with Gasteiger partial charge in [0.2, 0.25) is 0 Å². The molecule has 11 aromatic carbocycles. The lowest BCUT2D eigenvalue weighted by Gasteiger charge is -2.44. The zero-order chi connectivity index (χ0) is 48.7. The van der Waals surface area contributed by atoms with E-state index in [-0.39, 0.29) is 0 Å². The molecule has 0 radical (unpaired) electrons. The first-order chi connectivity index (χ1) is 36.0. The van der Waals surface area contributed by atoms with Crippen LogP contribution in [0.4, 0.5) is 11.4 Å². The monoisotopic (exact) mass is 932 g/mol.